The molecule has 26 heavy (non-hydrogen) atoms. The summed E-state index contributed by atoms with van der Waals surface area (Å²) in [4.78, 5) is 11.2. The Kier molecular flexibility index (Phi) is 4.58. The van der Waals surface area contributed by atoms with E-state index in [1.807, 2.05) is 0 Å². The lowest BCUT2D eigenvalue weighted by atomic mass is 9.97. The Labute approximate surface area is 151 Å². The zero-order valence-electron chi connectivity index (χ0n) is 13.3. The van der Waals surface area contributed by atoms with E-state index < -0.39 is 23.8 Å². The van der Waals surface area contributed by atoms with E-state index in [0.717, 1.165) is 11.6 Å². The predicted molar refractivity (Wildman–Crippen MR) is 89.5 cm³/mol. The van der Waals surface area contributed by atoms with Crippen LogP contribution >= 0.6 is 11.6 Å². The van der Waals surface area contributed by atoms with Crippen LogP contribution in [0.1, 0.15) is 5.56 Å². The molecule has 0 amide bonds. The van der Waals surface area contributed by atoms with Crippen molar-refractivity contribution >= 4 is 23.6 Å². The standard InChI is InChI=1S/C18H12ClF3O4/c1-25-12-4-2-9(3-5-12)10-6-11-7-13(17(23)24)16(18(20,21)22)26-15(11)14(19)8-10/h2-8,16H,1H3,(H,23,24). The first kappa shape index (κ1) is 18.1. The number of carbonyl (C=O) groups is 1. The van der Waals surface area contributed by atoms with Crippen molar-refractivity contribution in [3.05, 3.63) is 52.6 Å². The van der Waals surface area contributed by atoms with E-state index >= 15 is 0 Å². The van der Waals surface area contributed by atoms with E-state index in [9.17, 15) is 18.0 Å². The highest BCUT2D eigenvalue weighted by atomic mass is 35.5. The number of carboxylic acid groups (broad SMARTS) is 1. The summed E-state index contributed by atoms with van der Waals surface area (Å²) in [6, 6.07) is 9.93. The highest BCUT2D eigenvalue weighted by molar-refractivity contribution is 6.32. The van der Waals surface area contributed by atoms with Crippen LogP contribution in [0.2, 0.25) is 5.02 Å². The van der Waals surface area contributed by atoms with Crippen molar-refractivity contribution in [3.8, 4) is 22.6 Å². The second-order valence-corrected chi connectivity index (χ2v) is 5.96. The molecular weight excluding hydrogens is 373 g/mol. The van der Waals surface area contributed by atoms with Crippen molar-refractivity contribution in [2.24, 2.45) is 0 Å². The SMILES string of the molecule is COc1ccc(-c2cc(Cl)c3c(c2)C=C(C(=O)O)C(C(F)(F)F)O3)cc1. The van der Waals surface area contributed by atoms with Gasteiger partial charge >= 0.3 is 12.1 Å². The molecule has 0 radical (unpaired) electrons. The van der Waals surface area contributed by atoms with E-state index in [1.54, 1.807) is 24.3 Å². The third-order valence-electron chi connectivity index (χ3n) is 3.87. The molecule has 1 aliphatic rings. The van der Waals surface area contributed by atoms with Crippen LogP contribution in [0, 0.1) is 0 Å². The van der Waals surface area contributed by atoms with Crippen LogP contribution in [0.15, 0.2) is 42.0 Å². The molecule has 1 heterocycles. The summed E-state index contributed by atoms with van der Waals surface area (Å²) in [7, 11) is 1.53. The number of carboxylic acids is 1. The number of benzene rings is 2. The Morgan fingerprint density at radius 2 is 1.85 bits per heavy atom. The first-order valence-corrected chi connectivity index (χ1v) is 7.74. The van der Waals surface area contributed by atoms with Crippen LogP contribution in [0.3, 0.4) is 0 Å². The van der Waals surface area contributed by atoms with Gasteiger partial charge in [0, 0.05) is 5.56 Å². The molecule has 136 valence electrons. The average Bonchev–Trinajstić information content (AvgIpc) is 2.59. The number of halogens is 4. The maximum absolute atomic E-state index is 13.1. The van der Waals surface area contributed by atoms with Crippen LogP contribution < -0.4 is 9.47 Å². The molecule has 8 heteroatoms. The van der Waals surface area contributed by atoms with Crippen LogP contribution in [0.4, 0.5) is 13.2 Å². The summed E-state index contributed by atoms with van der Waals surface area (Å²) in [6.45, 7) is 0. The quantitative estimate of drug-likeness (QED) is 0.825. The van der Waals surface area contributed by atoms with Gasteiger partial charge in [0.1, 0.15) is 11.5 Å². The van der Waals surface area contributed by atoms with Gasteiger partial charge in [-0.05, 0) is 41.5 Å². The second kappa shape index (κ2) is 6.57. The average molecular weight is 385 g/mol. The number of alkyl halides is 3. The topological polar surface area (TPSA) is 55.8 Å². The summed E-state index contributed by atoms with van der Waals surface area (Å²) in [6.07, 6.45) is -6.50. The van der Waals surface area contributed by atoms with Crippen molar-refractivity contribution < 1.29 is 32.5 Å². The Morgan fingerprint density at radius 1 is 1.19 bits per heavy atom. The monoisotopic (exact) mass is 384 g/mol. The fourth-order valence-corrected chi connectivity index (χ4v) is 2.91. The Balaban J connectivity index is 2.10. The molecule has 0 aliphatic carbocycles. The van der Waals surface area contributed by atoms with Gasteiger partial charge < -0.3 is 14.6 Å². The number of rotatable bonds is 3. The number of aliphatic carboxylic acids is 1. The van der Waals surface area contributed by atoms with Gasteiger partial charge in [-0.15, -0.1) is 0 Å². The normalized spacial score (nSPS) is 16.3. The molecule has 0 saturated carbocycles. The zero-order chi connectivity index (χ0) is 19.1. The molecule has 1 N–H and O–H groups in total. The minimum atomic E-state index is -4.88. The van der Waals surface area contributed by atoms with Gasteiger partial charge in [-0.25, -0.2) is 4.79 Å². The smallest absolute Gasteiger partial charge is 0.430 e. The van der Waals surface area contributed by atoms with E-state index in [4.69, 9.17) is 26.2 Å². The van der Waals surface area contributed by atoms with Gasteiger partial charge in [0.25, 0.3) is 0 Å². The number of hydrogen-bond acceptors (Lipinski definition) is 3. The van der Waals surface area contributed by atoms with Gasteiger partial charge in [-0.2, -0.15) is 13.2 Å². The highest BCUT2D eigenvalue weighted by Crippen LogP contribution is 2.43. The van der Waals surface area contributed by atoms with Crippen molar-refractivity contribution in [3.63, 3.8) is 0 Å². The maximum Gasteiger partial charge on any atom is 0.430 e. The molecule has 0 aromatic heterocycles. The molecule has 0 bridgehead atoms. The summed E-state index contributed by atoms with van der Waals surface area (Å²) in [5.74, 6) is -1.26. The Bertz CT molecular complexity index is 889. The number of hydrogen-bond donors (Lipinski definition) is 1. The maximum atomic E-state index is 13.1. The molecule has 1 atom stereocenters. The van der Waals surface area contributed by atoms with Crippen LogP contribution in [0.5, 0.6) is 11.5 Å². The molecule has 2 aromatic carbocycles. The van der Waals surface area contributed by atoms with Gasteiger partial charge in [0.05, 0.1) is 17.7 Å². The summed E-state index contributed by atoms with van der Waals surface area (Å²) in [5, 5.41) is 9.08. The van der Waals surface area contributed by atoms with Gasteiger partial charge in [0.2, 0.25) is 6.10 Å². The molecule has 0 saturated heterocycles. The molecule has 3 rings (SSSR count). The molecular formula is C18H12ClF3O4. The molecule has 1 unspecified atom stereocenters. The molecule has 2 aromatic rings. The third kappa shape index (κ3) is 3.35. The van der Waals surface area contributed by atoms with Crippen molar-refractivity contribution in [1.29, 1.82) is 0 Å². The lowest BCUT2D eigenvalue weighted by Gasteiger charge is -2.28. The van der Waals surface area contributed by atoms with Crippen molar-refractivity contribution in [2.75, 3.05) is 7.11 Å². The molecule has 4 nitrogen and oxygen atoms in total. The van der Waals surface area contributed by atoms with E-state index in [2.05, 4.69) is 0 Å². The fraction of sp³-hybridized carbons (Fsp3) is 0.167. The molecule has 1 aliphatic heterocycles. The number of ether oxygens (including phenoxy) is 2. The minimum absolute atomic E-state index is 0.0387. The van der Waals surface area contributed by atoms with Crippen LogP contribution in [-0.4, -0.2) is 30.5 Å². The first-order valence-electron chi connectivity index (χ1n) is 7.37. The highest BCUT2D eigenvalue weighted by Gasteiger charge is 2.48. The van der Waals surface area contributed by atoms with Gasteiger partial charge in [-0.3, -0.25) is 0 Å². The zero-order valence-corrected chi connectivity index (χ0v) is 14.1. The van der Waals surface area contributed by atoms with Gasteiger partial charge in [-0.1, -0.05) is 23.7 Å². The van der Waals surface area contributed by atoms with Gasteiger partial charge in [0.15, 0.2) is 0 Å². The number of fused-ring (bicyclic) bond motifs is 1. The lowest BCUT2D eigenvalue weighted by Crippen LogP contribution is -2.40. The van der Waals surface area contributed by atoms with E-state index in [-0.39, 0.29) is 16.3 Å². The fourth-order valence-electron chi connectivity index (χ4n) is 2.64. The van der Waals surface area contributed by atoms with E-state index in [1.165, 1.54) is 19.2 Å². The second-order valence-electron chi connectivity index (χ2n) is 5.55. The van der Waals surface area contributed by atoms with E-state index in [0.29, 0.717) is 11.3 Å². The predicted octanol–water partition coefficient (Wildman–Crippen LogP) is 4.81. The largest absolute Gasteiger partial charge is 0.497 e. The number of methoxy groups -OCH3 is 1. The van der Waals surface area contributed by atoms with Crippen LogP contribution in [-0.2, 0) is 4.79 Å². The van der Waals surface area contributed by atoms with Crippen molar-refractivity contribution in [1.82, 2.24) is 0 Å². The summed E-state index contributed by atoms with van der Waals surface area (Å²) in [5.41, 5.74) is 0.610. The Hall–Kier alpha value is -2.67. The first-order chi connectivity index (χ1) is 12.2. The summed E-state index contributed by atoms with van der Waals surface area (Å²) < 4.78 is 49.3. The molecule has 0 fully saturated rings. The Morgan fingerprint density at radius 3 is 2.38 bits per heavy atom. The van der Waals surface area contributed by atoms with Crippen LogP contribution in [0.25, 0.3) is 17.2 Å². The molecule has 0 spiro atoms. The summed E-state index contributed by atoms with van der Waals surface area (Å²) >= 11 is 6.10. The lowest BCUT2D eigenvalue weighted by molar-refractivity contribution is -0.187. The third-order valence-corrected chi connectivity index (χ3v) is 4.15. The van der Waals surface area contributed by atoms with Crippen molar-refractivity contribution in [2.45, 2.75) is 12.3 Å². The minimum Gasteiger partial charge on any atom is -0.497 e.